The second kappa shape index (κ2) is 5.46. The van der Waals surface area contributed by atoms with Gasteiger partial charge >= 0.3 is 0 Å². The summed E-state index contributed by atoms with van der Waals surface area (Å²) in [4.78, 5) is 17.0. The number of benzene rings is 1. The fraction of sp³-hybridized carbons (Fsp3) is 0.267. The van der Waals surface area contributed by atoms with Crippen molar-refractivity contribution in [3.05, 3.63) is 50.9 Å². The molecule has 3 aromatic rings. The van der Waals surface area contributed by atoms with Crippen molar-refractivity contribution >= 4 is 28.6 Å². The Morgan fingerprint density at radius 1 is 1.23 bits per heavy atom. The molecule has 7 heteroatoms. The predicted octanol–water partition coefficient (Wildman–Crippen LogP) is 2.24. The Balaban J connectivity index is 1.97. The van der Waals surface area contributed by atoms with E-state index in [0.29, 0.717) is 28.5 Å². The smallest absolute Gasteiger partial charge is 0.280 e. The third kappa shape index (κ3) is 2.46. The first-order chi connectivity index (χ1) is 10.5. The summed E-state index contributed by atoms with van der Waals surface area (Å²) in [5.74, 6) is 0.517. The molecule has 0 atom stereocenters. The molecule has 0 saturated heterocycles. The summed E-state index contributed by atoms with van der Waals surface area (Å²) < 4.78 is 3.07. The van der Waals surface area contributed by atoms with E-state index >= 15 is 0 Å². The Labute approximate surface area is 132 Å². The highest BCUT2D eigenvalue weighted by atomic mass is 35.5. The van der Waals surface area contributed by atoms with Gasteiger partial charge in [-0.25, -0.2) is 4.98 Å². The van der Waals surface area contributed by atoms with Crippen molar-refractivity contribution in [2.45, 2.75) is 13.5 Å². The molecular weight excluding hydrogens is 302 g/mol. The summed E-state index contributed by atoms with van der Waals surface area (Å²) in [6.07, 6.45) is 0. The lowest BCUT2D eigenvalue weighted by Gasteiger charge is -2.10. The van der Waals surface area contributed by atoms with Crippen LogP contribution in [0.5, 0.6) is 0 Å². The molecule has 0 aliphatic carbocycles. The van der Waals surface area contributed by atoms with Crippen LogP contribution in [0.2, 0.25) is 5.02 Å². The van der Waals surface area contributed by atoms with E-state index in [9.17, 15) is 4.79 Å². The lowest BCUT2D eigenvalue weighted by Crippen LogP contribution is -2.23. The van der Waals surface area contributed by atoms with Crippen LogP contribution in [-0.4, -0.2) is 19.3 Å². The highest BCUT2D eigenvalue weighted by molar-refractivity contribution is 6.30. The fourth-order valence-corrected chi connectivity index (χ4v) is 2.52. The van der Waals surface area contributed by atoms with E-state index < -0.39 is 0 Å². The summed E-state index contributed by atoms with van der Waals surface area (Å²) in [5, 5.41) is 8.15. The van der Waals surface area contributed by atoms with E-state index in [-0.39, 0.29) is 5.56 Å². The van der Waals surface area contributed by atoms with Gasteiger partial charge in [-0.2, -0.15) is 5.10 Å². The van der Waals surface area contributed by atoms with Gasteiger partial charge in [0.25, 0.3) is 5.56 Å². The Morgan fingerprint density at radius 3 is 2.59 bits per heavy atom. The van der Waals surface area contributed by atoms with E-state index in [2.05, 4.69) is 15.4 Å². The number of anilines is 1. The number of nitrogens with one attached hydrogen (secondary N) is 1. The first kappa shape index (κ1) is 14.6. The highest BCUT2D eigenvalue weighted by Gasteiger charge is 2.14. The van der Waals surface area contributed by atoms with Gasteiger partial charge in [-0.1, -0.05) is 23.7 Å². The molecule has 2 aromatic heterocycles. The lowest BCUT2D eigenvalue weighted by molar-refractivity contribution is 0.765. The highest BCUT2D eigenvalue weighted by Crippen LogP contribution is 2.15. The third-order valence-electron chi connectivity index (χ3n) is 3.60. The number of hydrogen-bond donors (Lipinski definition) is 1. The Hall–Kier alpha value is -2.34. The Kier molecular flexibility index (Phi) is 3.62. The van der Waals surface area contributed by atoms with Crippen molar-refractivity contribution in [3.8, 4) is 0 Å². The third-order valence-corrected chi connectivity index (χ3v) is 3.85. The van der Waals surface area contributed by atoms with Gasteiger partial charge in [0.1, 0.15) is 5.52 Å². The number of fused-ring (bicyclic) bond motifs is 1. The molecule has 2 heterocycles. The van der Waals surface area contributed by atoms with Gasteiger partial charge in [0.15, 0.2) is 5.52 Å². The molecule has 6 nitrogen and oxygen atoms in total. The summed E-state index contributed by atoms with van der Waals surface area (Å²) in [7, 11) is 3.44. The van der Waals surface area contributed by atoms with Gasteiger partial charge < -0.3 is 5.32 Å². The molecule has 0 unspecified atom stereocenters. The number of nitrogens with zero attached hydrogens (tertiary/aromatic N) is 4. The first-order valence-electron chi connectivity index (χ1n) is 6.86. The van der Waals surface area contributed by atoms with Crippen molar-refractivity contribution in [2.24, 2.45) is 14.1 Å². The van der Waals surface area contributed by atoms with Crippen molar-refractivity contribution in [1.29, 1.82) is 0 Å². The van der Waals surface area contributed by atoms with Crippen LogP contribution in [-0.2, 0) is 20.6 Å². The average Bonchev–Trinajstić information content (AvgIpc) is 2.77. The fourth-order valence-electron chi connectivity index (χ4n) is 2.40. The quantitative estimate of drug-likeness (QED) is 0.804. The Morgan fingerprint density at radius 2 is 1.91 bits per heavy atom. The standard InChI is InChI=1S/C15H16ClN5O/c1-9-12-13(21(3)19-9)14(22)20(2)15(18-12)17-8-10-4-6-11(16)7-5-10/h4-7H,8H2,1-3H3,(H,17,18). The maximum atomic E-state index is 12.4. The van der Waals surface area contributed by atoms with Gasteiger partial charge in [-0.05, 0) is 24.6 Å². The van der Waals surface area contributed by atoms with Crippen LogP contribution in [0.4, 0.5) is 5.95 Å². The Bertz CT molecular complexity index is 895. The molecule has 0 radical (unpaired) electrons. The molecule has 0 bridgehead atoms. The number of aryl methyl sites for hydroxylation is 2. The van der Waals surface area contributed by atoms with Crippen LogP contribution in [0.1, 0.15) is 11.3 Å². The van der Waals surface area contributed by atoms with Gasteiger partial charge in [0, 0.05) is 25.7 Å². The predicted molar refractivity (Wildman–Crippen MR) is 87.3 cm³/mol. The monoisotopic (exact) mass is 317 g/mol. The first-order valence-corrected chi connectivity index (χ1v) is 7.24. The molecule has 0 aliphatic rings. The molecule has 0 spiro atoms. The normalized spacial score (nSPS) is 11.1. The average molecular weight is 318 g/mol. The van der Waals surface area contributed by atoms with E-state index in [1.54, 1.807) is 18.8 Å². The second-order valence-corrected chi connectivity index (χ2v) is 5.62. The number of hydrogen-bond acceptors (Lipinski definition) is 4. The van der Waals surface area contributed by atoms with Crippen molar-refractivity contribution in [3.63, 3.8) is 0 Å². The summed E-state index contributed by atoms with van der Waals surface area (Å²) in [6.45, 7) is 2.40. The second-order valence-electron chi connectivity index (χ2n) is 5.19. The zero-order valence-corrected chi connectivity index (χ0v) is 13.3. The zero-order valence-electron chi connectivity index (χ0n) is 12.6. The number of halogens is 1. The minimum Gasteiger partial charge on any atom is -0.351 e. The summed E-state index contributed by atoms with van der Waals surface area (Å²) >= 11 is 5.87. The molecule has 0 saturated carbocycles. The van der Waals surface area contributed by atoms with Crippen LogP contribution >= 0.6 is 11.6 Å². The van der Waals surface area contributed by atoms with Gasteiger partial charge in [0.2, 0.25) is 5.95 Å². The van der Waals surface area contributed by atoms with Crippen molar-refractivity contribution in [1.82, 2.24) is 19.3 Å². The van der Waals surface area contributed by atoms with Crippen molar-refractivity contribution < 1.29 is 0 Å². The summed E-state index contributed by atoms with van der Waals surface area (Å²) in [6, 6.07) is 7.53. The topological polar surface area (TPSA) is 64.7 Å². The maximum Gasteiger partial charge on any atom is 0.280 e. The van der Waals surface area contributed by atoms with Crippen LogP contribution in [0.15, 0.2) is 29.1 Å². The van der Waals surface area contributed by atoms with Crippen molar-refractivity contribution in [2.75, 3.05) is 5.32 Å². The largest absolute Gasteiger partial charge is 0.351 e. The molecule has 1 aromatic carbocycles. The molecule has 114 valence electrons. The SMILES string of the molecule is Cc1nn(C)c2c(=O)n(C)c(NCc3ccc(Cl)cc3)nc12. The molecule has 0 fully saturated rings. The number of aromatic nitrogens is 4. The molecule has 0 amide bonds. The van der Waals surface area contributed by atoms with Crippen LogP contribution in [0, 0.1) is 6.92 Å². The molecule has 3 rings (SSSR count). The molecular formula is C15H16ClN5O. The summed E-state index contributed by atoms with van der Waals surface area (Å²) in [5.41, 5.74) is 2.82. The zero-order chi connectivity index (χ0) is 15.9. The molecule has 0 aliphatic heterocycles. The minimum absolute atomic E-state index is 0.119. The van der Waals surface area contributed by atoms with Gasteiger partial charge in [-0.3, -0.25) is 14.0 Å². The van der Waals surface area contributed by atoms with E-state index in [1.165, 1.54) is 4.57 Å². The van der Waals surface area contributed by atoms with Crippen LogP contribution in [0.25, 0.3) is 11.0 Å². The minimum atomic E-state index is -0.119. The number of rotatable bonds is 3. The van der Waals surface area contributed by atoms with Crippen LogP contribution < -0.4 is 10.9 Å². The molecule has 1 N–H and O–H groups in total. The molecule has 22 heavy (non-hydrogen) atoms. The van der Waals surface area contributed by atoms with Gasteiger partial charge in [-0.15, -0.1) is 0 Å². The maximum absolute atomic E-state index is 12.4. The van der Waals surface area contributed by atoms with E-state index in [0.717, 1.165) is 11.3 Å². The van der Waals surface area contributed by atoms with Gasteiger partial charge in [0.05, 0.1) is 5.69 Å². The van der Waals surface area contributed by atoms with E-state index in [4.69, 9.17) is 11.6 Å². The van der Waals surface area contributed by atoms with E-state index in [1.807, 2.05) is 31.2 Å². The van der Waals surface area contributed by atoms with Crippen LogP contribution in [0.3, 0.4) is 0 Å². The lowest BCUT2D eigenvalue weighted by atomic mass is 10.2.